The maximum Gasteiger partial charge on any atom is 0.407 e. The summed E-state index contributed by atoms with van der Waals surface area (Å²) < 4.78 is 5.20. The third kappa shape index (κ3) is 5.65. The molecule has 0 spiro atoms. The minimum atomic E-state index is -0.519. The molecule has 0 fully saturated rings. The lowest BCUT2D eigenvalue weighted by Crippen LogP contribution is -2.44. The number of hydrogen-bond donors (Lipinski definition) is 2. The van der Waals surface area contributed by atoms with Crippen LogP contribution in [0.5, 0.6) is 0 Å². The van der Waals surface area contributed by atoms with E-state index in [1.165, 1.54) is 6.33 Å². The monoisotopic (exact) mass is 266 g/mol. The summed E-state index contributed by atoms with van der Waals surface area (Å²) in [6, 6.07) is -0.195. The SMILES string of the molecule is Cc1ncncc1CC(CN)NC(=O)OC(C)(C)C. The number of alkyl carbamates (subject to hydrolysis) is 1. The molecule has 0 aliphatic carbocycles. The second kappa shape index (κ2) is 6.47. The Morgan fingerprint density at radius 2 is 2.21 bits per heavy atom. The summed E-state index contributed by atoms with van der Waals surface area (Å²) >= 11 is 0. The molecule has 1 rings (SSSR count). The van der Waals surface area contributed by atoms with E-state index in [-0.39, 0.29) is 6.04 Å². The molecule has 0 radical (unpaired) electrons. The van der Waals surface area contributed by atoms with Crippen LogP contribution in [0.2, 0.25) is 0 Å². The summed E-state index contributed by atoms with van der Waals surface area (Å²) in [6.45, 7) is 7.68. The first kappa shape index (κ1) is 15.4. The zero-order valence-corrected chi connectivity index (χ0v) is 11.9. The van der Waals surface area contributed by atoms with E-state index in [9.17, 15) is 4.79 Å². The van der Waals surface area contributed by atoms with Crippen LogP contribution in [0.3, 0.4) is 0 Å². The molecule has 0 saturated carbocycles. The number of ether oxygens (including phenoxy) is 1. The second-order valence-electron chi connectivity index (χ2n) is 5.42. The highest BCUT2D eigenvalue weighted by Crippen LogP contribution is 2.08. The maximum absolute atomic E-state index is 11.7. The predicted octanol–water partition coefficient (Wildman–Crippen LogP) is 1.18. The van der Waals surface area contributed by atoms with Crippen molar-refractivity contribution in [2.24, 2.45) is 5.73 Å². The van der Waals surface area contributed by atoms with E-state index in [1.807, 2.05) is 27.7 Å². The van der Waals surface area contributed by atoms with Crippen molar-refractivity contribution < 1.29 is 9.53 Å². The number of carbonyl (C=O) groups excluding carboxylic acids is 1. The fraction of sp³-hybridized carbons (Fsp3) is 0.615. The molecule has 1 heterocycles. The van der Waals surface area contributed by atoms with Crippen molar-refractivity contribution in [3.05, 3.63) is 23.8 Å². The third-order valence-electron chi connectivity index (χ3n) is 2.48. The van der Waals surface area contributed by atoms with Gasteiger partial charge in [0, 0.05) is 24.5 Å². The van der Waals surface area contributed by atoms with Crippen LogP contribution in [-0.2, 0) is 11.2 Å². The molecule has 0 aliphatic rings. The van der Waals surface area contributed by atoms with Crippen LogP contribution in [0.15, 0.2) is 12.5 Å². The molecule has 1 atom stereocenters. The number of amides is 1. The Bertz CT molecular complexity index is 429. The minimum absolute atomic E-state index is 0.195. The van der Waals surface area contributed by atoms with E-state index in [4.69, 9.17) is 10.5 Å². The van der Waals surface area contributed by atoms with Gasteiger partial charge in [0.05, 0.1) is 0 Å². The minimum Gasteiger partial charge on any atom is -0.444 e. The fourth-order valence-corrected chi connectivity index (χ4v) is 1.55. The van der Waals surface area contributed by atoms with Crippen molar-refractivity contribution in [2.75, 3.05) is 6.54 Å². The number of nitrogens with one attached hydrogen (secondary N) is 1. The van der Waals surface area contributed by atoms with E-state index in [0.717, 1.165) is 11.3 Å². The highest BCUT2D eigenvalue weighted by atomic mass is 16.6. The Labute approximate surface area is 113 Å². The average Bonchev–Trinajstić information content (AvgIpc) is 2.28. The maximum atomic E-state index is 11.7. The smallest absolute Gasteiger partial charge is 0.407 e. The molecule has 0 bridgehead atoms. The number of hydrogen-bond acceptors (Lipinski definition) is 5. The van der Waals surface area contributed by atoms with E-state index >= 15 is 0 Å². The van der Waals surface area contributed by atoms with Crippen LogP contribution in [0, 0.1) is 6.92 Å². The van der Waals surface area contributed by atoms with Gasteiger partial charge in [0.15, 0.2) is 0 Å². The van der Waals surface area contributed by atoms with Crippen LogP contribution < -0.4 is 11.1 Å². The summed E-state index contributed by atoms with van der Waals surface area (Å²) in [7, 11) is 0. The normalized spacial score (nSPS) is 12.9. The third-order valence-corrected chi connectivity index (χ3v) is 2.48. The van der Waals surface area contributed by atoms with Crippen molar-refractivity contribution in [3.63, 3.8) is 0 Å². The Morgan fingerprint density at radius 1 is 1.53 bits per heavy atom. The molecule has 1 aromatic rings. The van der Waals surface area contributed by atoms with Gasteiger partial charge in [-0.1, -0.05) is 0 Å². The molecule has 1 unspecified atom stereocenters. The van der Waals surface area contributed by atoms with Crippen LogP contribution in [0.4, 0.5) is 4.79 Å². The van der Waals surface area contributed by atoms with Crippen molar-refractivity contribution in [2.45, 2.75) is 45.8 Å². The fourth-order valence-electron chi connectivity index (χ4n) is 1.55. The molecule has 1 amide bonds. The molecule has 0 aromatic carbocycles. The molecule has 0 aliphatic heterocycles. The summed E-state index contributed by atoms with van der Waals surface area (Å²) in [5, 5.41) is 2.76. The molecule has 106 valence electrons. The first-order valence-corrected chi connectivity index (χ1v) is 6.27. The highest BCUT2D eigenvalue weighted by molar-refractivity contribution is 5.68. The lowest BCUT2D eigenvalue weighted by molar-refractivity contribution is 0.0506. The Hall–Kier alpha value is -1.69. The van der Waals surface area contributed by atoms with Crippen LogP contribution in [0.25, 0.3) is 0 Å². The largest absolute Gasteiger partial charge is 0.444 e. The van der Waals surface area contributed by atoms with Crippen LogP contribution in [0.1, 0.15) is 32.0 Å². The average molecular weight is 266 g/mol. The van der Waals surface area contributed by atoms with Gasteiger partial charge in [-0.15, -0.1) is 0 Å². The molecule has 6 nitrogen and oxygen atoms in total. The molecule has 6 heteroatoms. The standard InChI is InChI=1S/C13H22N4O2/c1-9-10(7-15-8-16-9)5-11(6-14)17-12(18)19-13(2,3)4/h7-8,11H,5-6,14H2,1-4H3,(H,17,18). The summed E-state index contributed by atoms with van der Waals surface area (Å²) in [6.07, 6.45) is 3.36. The molecule has 3 N–H and O–H groups in total. The molecule has 0 saturated heterocycles. The zero-order chi connectivity index (χ0) is 14.5. The lowest BCUT2D eigenvalue weighted by atomic mass is 10.1. The summed E-state index contributed by atoms with van der Waals surface area (Å²) in [5.41, 5.74) is 7.01. The summed E-state index contributed by atoms with van der Waals surface area (Å²) in [5.74, 6) is 0. The van der Waals surface area contributed by atoms with Gasteiger partial charge in [-0.25, -0.2) is 14.8 Å². The first-order chi connectivity index (χ1) is 8.81. The van der Waals surface area contributed by atoms with Crippen molar-refractivity contribution in [3.8, 4) is 0 Å². The first-order valence-electron chi connectivity index (χ1n) is 6.27. The second-order valence-corrected chi connectivity index (χ2v) is 5.42. The number of nitrogens with zero attached hydrogens (tertiary/aromatic N) is 2. The number of rotatable bonds is 4. The van der Waals surface area contributed by atoms with Crippen LogP contribution in [-0.4, -0.2) is 34.2 Å². The number of nitrogens with two attached hydrogens (primary N) is 1. The van der Waals surface area contributed by atoms with Gasteiger partial charge in [0.25, 0.3) is 0 Å². The van der Waals surface area contributed by atoms with E-state index < -0.39 is 11.7 Å². The lowest BCUT2D eigenvalue weighted by Gasteiger charge is -2.23. The van der Waals surface area contributed by atoms with Crippen molar-refractivity contribution in [1.29, 1.82) is 0 Å². The number of carbonyl (C=O) groups is 1. The van der Waals surface area contributed by atoms with E-state index in [1.54, 1.807) is 6.20 Å². The van der Waals surface area contributed by atoms with Crippen molar-refractivity contribution >= 4 is 6.09 Å². The highest BCUT2D eigenvalue weighted by Gasteiger charge is 2.19. The van der Waals surface area contributed by atoms with Gasteiger partial charge in [0.1, 0.15) is 11.9 Å². The van der Waals surface area contributed by atoms with Gasteiger partial charge >= 0.3 is 6.09 Å². The van der Waals surface area contributed by atoms with Crippen molar-refractivity contribution in [1.82, 2.24) is 15.3 Å². The topological polar surface area (TPSA) is 90.1 Å². The van der Waals surface area contributed by atoms with Gasteiger partial charge in [0.2, 0.25) is 0 Å². The Kier molecular flexibility index (Phi) is 5.23. The van der Waals surface area contributed by atoms with Gasteiger partial charge in [-0.2, -0.15) is 0 Å². The van der Waals surface area contributed by atoms with E-state index in [0.29, 0.717) is 13.0 Å². The number of aryl methyl sites for hydroxylation is 1. The van der Waals surface area contributed by atoms with E-state index in [2.05, 4.69) is 15.3 Å². The van der Waals surface area contributed by atoms with Gasteiger partial charge in [-0.3, -0.25) is 0 Å². The quantitative estimate of drug-likeness (QED) is 0.854. The Balaban J connectivity index is 2.60. The molecule has 19 heavy (non-hydrogen) atoms. The number of aromatic nitrogens is 2. The summed E-state index contributed by atoms with van der Waals surface area (Å²) in [4.78, 5) is 19.8. The molecule has 1 aromatic heterocycles. The molecular formula is C13H22N4O2. The Morgan fingerprint density at radius 3 is 2.74 bits per heavy atom. The van der Waals surface area contributed by atoms with Gasteiger partial charge < -0.3 is 15.8 Å². The molecular weight excluding hydrogens is 244 g/mol. The van der Waals surface area contributed by atoms with Crippen LogP contribution >= 0.6 is 0 Å². The van der Waals surface area contributed by atoms with Gasteiger partial charge in [-0.05, 0) is 39.7 Å². The predicted molar refractivity (Wildman–Crippen MR) is 72.7 cm³/mol. The zero-order valence-electron chi connectivity index (χ0n) is 11.9.